The first-order valence-electron chi connectivity index (χ1n) is 9.06. The molecule has 0 aliphatic rings. The van der Waals surface area contributed by atoms with E-state index in [0.29, 0.717) is 0 Å². The van der Waals surface area contributed by atoms with Gasteiger partial charge in [-0.05, 0) is 29.1 Å². The Hall–Kier alpha value is -2.91. The second-order valence-electron chi connectivity index (χ2n) is 6.84. The van der Waals surface area contributed by atoms with Gasteiger partial charge in [-0.25, -0.2) is 0 Å². The molecule has 134 valence electrons. The molecule has 0 fully saturated rings. The molecule has 1 heterocycles. The van der Waals surface area contributed by atoms with Crippen LogP contribution in [0.3, 0.4) is 0 Å². The number of allylic oxidation sites excluding steroid dienone is 2. The van der Waals surface area contributed by atoms with Crippen molar-refractivity contribution in [1.82, 2.24) is 0 Å². The third kappa shape index (κ3) is 3.51. The summed E-state index contributed by atoms with van der Waals surface area (Å²) in [5.41, 5.74) is 3.70. The summed E-state index contributed by atoms with van der Waals surface area (Å²) < 4.78 is 3.61. The molecule has 2 nitrogen and oxygen atoms in total. The van der Waals surface area contributed by atoms with Crippen LogP contribution in [0.5, 0.6) is 0 Å². The van der Waals surface area contributed by atoms with Gasteiger partial charge in [0, 0.05) is 37.3 Å². The number of thiazole rings is 1. The van der Waals surface area contributed by atoms with E-state index >= 15 is 0 Å². The van der Waals surface area contributed by atoms with Crippen LogP contribution in [0.15, 0.2) is 72.8 Å². The van der Waals surface area contributed by atoms with Crippen molar-refractivity contribution in [2.24, 2.45) is 7.05 Å². The molecule has 4 aromatic rings. The van der Waals surface area contributed by atoms with E-state index < -0.39 is 0 Å². The van der Waals surface area contributed by atoms with E-state index in [4.69, 9.17) is 0 Å². The third-order valence-corrected chi connectivity index (χ3v) is 6.06. The van der Waals surface area contributed by atoms with Gasteiger partial charge in [0.25, 0.3) is 5.01 Å². The maximum atomic E-state index is 2.27. The van der Waals surface area contributed by atoms with Gasteiger partial charge in [0.15, 0.2) is 0 Å². The first kappa shape index (κ1) is 17.5. The third-order valence-electron chi connectivity index (χ3n) is 4.81. The van der Waals surface area contributed by atoms with E-state index in [1.54, 1.807) is 0 Å². The zero-order valence-corrected chi connectivity index (χ0v) is 16.7. The standard InChI is InChI=1S/C24H23N2S/c1-25(2)20-15-12-18(13-16-20)8-4-7-11-23-26(3)22-17-14-19-9-5-6-10-21(19)24(22)27-23/h4-17H,1-3H3/q+1. The van der Waals surface area contributed by atoms with Crippen molar-refractivity contribution in [3.8, 4) is 0 Å². The number of aryl methyl sites for hydroxylation is 1. The second kappa shape index (κ2) is 7.37. The fourth-order valence-corrected chi connectivity index (χ4v) is 4.42. The number of rotatable bonds is 4. The van der Waals surface area contributed by atoms with E-state index in [-0.39, 0.29) is 0 Å². The minimum Gasteiger partial charge on any atom is -0.378 e. The predicted molar refractivity (Wildman–Crippen MR) is 119 cm³/mol. The highest BCUT2D eigenvalue weighted by Crippen LogP contribution is 2.29. The summed E-state index contributed by atoms with van der Waals surface area (Å²) in [6.07, 6.45) is 8.54. The number of nitrogens with zero attached hydrogens (tertiary/aromatic N) is 2. The molecule has 0 unspecified atom stereocenters. The van der Waals surface area contributed by atoms with Gasteiger partial charge < -0.3 is 4.90 Å². The van der Waals surface area contributed by atoms with Crippen molar-refractivity contribution in [3.63, 3.8) is 0 Å². The van der Waals surface area contributed by atoms with Gasteiger partial charge >= 0.3 is 0 Å². The van der Waals surface area contributed by atoms with Crippen molar-refractivity contribution in [2.75, 3.05) is 19.0 Å². The Balaban J connectivity index is 1.59. The van der Waals surface area contributed by atoms with Crippen LogP contribution in [0, 0.1) is 0 Å². The molecule has 4 rings (SSSR count). The highest BCUT2D eigenvalue weighted by atomic mass is 32.1. The number of aromatic nitrogens is 1. The maximum absolute atomic E-state index is 2.27. The zero-order chi connectivity index (χ0) is 18.8. The molecule has 0 saturated heterocycles. The van der Waals surface area contributed by atoms with Crippen molar-refractivity contribution in [1.29, 1.82) is 0 Å². The summed E-state index contributed by atoms with van der Waals surface area (Å²) in [4.78, 5) is 2.11. The maximum Gasteiger partial charge on any atom is 0.262 e. The molecule has 0 amide bonds. The lowest BCUT2D eigenvalue weighted by Crippen LogP contribution is -2.28. The van der Waals surface area contributed by atoms with Gasteiger partial charge in [-0.3, -0.25) is 0 Å². The number of hydrogen-bond acceptors (Lipinski definition) is 2. The van der Waals surface area contributed by atoms with Gasteiger partial charge in [-0.15, -0.1) is 0 Å². The van der Waals surface area contributed by atoms with Crippen LogP contribution >= 0.6 is 11.3 Å². The van der Waals surface area contributed by atoms with Crippen LogP contribution in [0.2, 0.25) is 0 Å². The molecule has 1 aromatic heterocycles. The summed E-state index contributed by atoms with van der Waals surface area (Å²) in [5.74, 6) is 0. The van der Waals surface area contributed by atoms with Crippen LogP contribution in [-0.4, -0.2) is 14.1 Å². The quantitative estimate of drug-likeness (QED) is 0.331. The fraction of sp³-hybridized carbons (Fsp3) is 0.125. The van der Waals surface area contributed by atoms with Crippen LogP contribution in [0.1, 0.15) is 10.6 Å². The Kier molecular flexibility index (Phi) is 4.78. The molecule has 0 N–H and O–H groups in total. The molecule has 3 heteroatoms. The molecule has 27 heavy (non-hydrogen) atoms. The first-order valence-corrected chi connectivity index (χ1v) is 9.87. The summed E-state index contributed by atoms with van der Waals surface area (Å²) in [5, 5.41) is 3.86. The van der Waals surface area contributed by atoms with E-state index in [2.05, 4.69) is 116 Å². The summed E-state index contributed by atoms with van der Waals surface area (Å²) >= 11 is 1.84. The minimum absolute atomic E-state index is 1.21. The Labute approximate surface area is 164 Å². The average molecular weight is 372 g/mol. The van der Waals surface area contributed by atoms with E-state index in [9.17, 15) is 0 Å². The number of benzene rings is 3. The minimum atomic E-state index is 1.21. The summed E-state index contributed by atoms with van der Waals surface area (Å²) in [6.45, 7) is 0. The SMILES string of the molecule is CN(C)c1ccc(C=CC=Cc2sc3c4ccccc4ccc3[n+]2C)cc1. The van der Waals surface area contributed by atoms with Crippen molar-refractivity contribution >= 4 is 50.2 Å². The van der Waals surface area contributed by atoms with Gasteiger partial charge in [0.05, 0.1) is 0 Å². The average Bonchev–Trinajstić information content (AvgIpc) is 3.02. The lowest BCUT2D eigenvalue weighted by Gasteiger charge is -2.11. The highest BCUT2D eigenvalue weighted by Gasteiger charge is 2.16. The lowest BCUT2D eigenvalue weighted by atomic mass is 10.1. The largest absolute Gasteiger partial charge is 0.378 e. The zero-order valence-electron chi connectivity index (χ0n) is 15.9. The topological polar surface area (TPSA) is 7.12 Å². The predicted octanol–water partition coefficient (Wildman–Crippen LogP) is 5.67. The molecule has 3 aromatic carbocycles. The molecule has 0 aliphatic carbocycles. The molecular formula is C24H23N2S+. The number of hydrogen-bond donors (Lipinski definition) is 0. The number of fused-ring (bicyclic) bond motifs is 3. The number of anilines is 1. The van der Waals surface area contributed by atoms with E-state index in [0.717, 1.165) is 0 Å². The molecular weight excluding hydrogens is 348 g/mol. The Morgan fingerprint density at radius 1 is 0.852 bits per heavy atom. The normalized spacial score (nSPS) is 12.0. The van der Waals surface area contributed by atoms with E-state index in [1.165, 1.54) is 37.2 Å². The van der Waals surface area contributed by atoms with Gasteiger partial charge in [-0.1, -0.05) is 66.0 Å². The Morgan fingerprint density at radius 2 is 1.59 bits per heavy atom. The van der Waals surface area contributed by atoms with Crippen molar-refractivity contribution < 1.29 is 4.57 Å². The molecule has 0 bridgehead atoms. The smallest absolute Gasteiger partial charge is 0.262 e. The van der Waals surface area contributed by atoms with E-state index in [1.807, 2.05) is 11.3 Å². The lowest BCUT2D eigenvalue weighted by molar-refractivity contribution is -0.642. The molecule has 0 atom stereocenters. The van der Waals surface area contributed by atoms with Crippen LogP contribution in [0.4, 0.5) is 5.69 Å². The Bertz CT molecular complexity index is 1150. The highest BCUT2D eigenvalue weighted by molar-refractivity contribution is 7.19. The second-order valence-corrected chi connectivity index (χ2v) is 7.87. The molecule has 0 spiro atoms. The van der Waals surface area contributed by atoms with Gasteiger partial charge in [0.1, 0.15) is 11.7 Å². The van der Waals surface area contributed by atoms with Gasteiger partial charge in [-0.2, -0.15) is 4.57 Å². The van der Waals surface area contributed by atoms with Crippen LogP contribution in [0.25, 0.3) is 33.1 Å². The summed E-state index contributed by atoms with van der Waals surface area (Å²) in [7, 11) is 6.25. The fourth-order valence-electron chi connectivity index (χ4n) is 3.23. The van der Waals surface area contributed by atoms with Crippen LogP contribution in [-0.2, 0) is 7.05 Å². The van der Waals surface area contributed by atoms with Crippen LogP contribution < -0.4 is 9.47 Å². The molecule has 0 aliphatic heterocycles. The molecule has 0 radical (unpaired) electrons. The first-order chi connectivity index (χ1) is 13.1. The monoisotopic (exact) mass is 371 g/mol. The van der Waals surface area contributed by atoms with Crippen molar-refractivity contribution in [3.05, 3.63) is 83.4 Å². The summed E-state index contributed by atoms with van der Waals surface area (Å²) in [6, 6.07) is 21.6. The Morgan fingerprint density at radius 3 is 2.37 bits per heavy atom. The van der Waals surface area contributed by atoms with Gasteiger partial charge in [0.2, 0.25) is 5.52 Å². The molecule has 0 saturated carbocycles. The van der Waals surface area contributed by atoms with Crippen molar-refractivity contribution in [2.45, 2.75) is 0 Å².